The van der Waals surface area contributed by atoms with Crippen molar-refractivity contribution in [3.8, 4) is 0 Å². The van der Waals surface area contributed by atoms with Crippen LogP contribution in [0.4, 0.5) is 0 Å². The van der Waals surface area contributed by atoms with Crippen molar-refractivity contribution >= 4 is 22.5 Å². The van der Waals surface area contributed by atoms with Crippen LogP contribution < -0.4 is 5.56 Å². The highest BCUT2D eigenvalue weighted by atomic mass is 35.5. The fraction of sp³-hybridized carbons (Fsp3) is 0. The Labute approximate surface area is 77.1 Å². The molecular formula is C7H4ClN3O2. The molecule has 6 heteroatoms. The van der Waals surface area contributed by atoms with E-state index in [1.54, 1.807) is 12.1 Å². The van der Waals surface area contributed by atoms with Crippen LogP contribution in [0.2, 0.25) is 5.02 Å². The summed E-state index contributed by atoms with van der Waals surface area (Å²) in [6.45, 7) is 0. The number of aromatic nitrogens is 3. The Morgan fingerprint density at radius 3 is 3.00 bits per heavy atom. The van der Waals surface area contributed by atoms with E-state index in [1.807, 2.05) is 0 Å². The van der Waals surface area contributed by atoms with Gasteiger partial charge in [-0.1, -0.05) is 11.6 Å². The van der Waals surface area contributed by atoms with E-state index in [0.717, 1.165) is 0 Å². The highest BCUT2D eigenvalue weighted by molar-refractivity contribution is 6.31. The van der Waals surface area contributed by atoms with E-state index < -0.39 is 5.56 Å². The van der Waals surface area contributed by atoms with Gasteiger partial charge in [0.25, 0.3) is 0 Å². The summed E-state index contributed by atoms with van der Waals surface area (Å²) in [4.78, 5) is 11.4. The number of hydrogen-bond donors (Lipinski definition) is 1. The molecule has 0 unspecified atom stereocenters. The van der Waals surface area contributed by atoms with Gasteiger partial charge in [0.1, 0.15) is 5.52 Å². The van der Waals surface area contributed by atoms with E-state index in [2.05, 4.69) is 10.3 Å². The molecule has 0 aliphatic rings. The Balaban J connectivity index is 2.97. The molecule has 0 aliphatic carbocycles. The number of rotatable bonds is 0. The Morgan fingerprint density at radius 2 is 2.23 bits per heavy atom. The average Bonchev–Trinajstić information content (AvgIpc) is 2.12. The fourth-order valence-electron chi connectivity index (χ4n) is 1.01. The lowest BCUT2D eigenvalue weighted by Gasteiger charge is -1.96. The molecule has 1 heterocycles. The molecule has 1 aromatic carbocycles. The summed E-state index contributed by atoms with van der Waals surface area (Å²) in [6, 6.07) is 4.59. The molecule has 13 heavy (non-hydrogen) atoms. The normalized spacial score (nSPS) is 10.5. The minimum absolute atomic E-state index is 0.179. The van der Waals surface area contributed by atoms with Gasteiger partial charge >= 0.3 is 5.56 Å². The molecule has 1 N–H and O–H groups in total. The van der Waals surface area contributed by atoms with Crippen LogP contribution in [-0.2, 0) is 0 Å². The third-order valence-corrected chi connectivity index (χ3v) is 1.84. The van der Waals surface area contributed by atoms with Gasteiger partial charge in [0, 0.05) is 5.02 Å². The summed E-state index contributed by atoms with van der Waals surface area (Å²) in [5.74, 6) is 0. The van der Waals surface area contributed by atoms with Crippen molar-refractivity contribution in [2.75, 3.05) is 0 Å². The van der Waals surface area contributed by atoms with E-state index in [9.17, 15) is 4.79 Å². The summed E-state index contributed by atoms with van der Waals surface area (Å²) in [5, 5.41) is 16.3. The molecule has 0 saturated carbocycles. The van der Waals surface area contributed by atoms with Gasteiger partial charge in [-0.3, -0.25) is 4.79 Å². The lowest BCUT2D eigenvalue weighted by Crippen LogP contribution is -2.21. The minimum Gasteiger partial charge on any atom is -0.407 e. The van der Waals surface area contributed by atoms with E-state index in [0.29, 0.717) is 10.5 Å². The zero-order valence-electron chi connectivity index (χ0n) is 6.31. The molecule has 66 valence electrons. The standard InChI is InChI=1S/C7H4ClN3O2/c8-4-1-2-6-5(3-4)7(12)11(13)10-9-6/h1-3,13H. The van der Waals surface area contributed by atoms with Crippen molar-refractivity contribution in [2.24, 2.45) is 0 Å². The first-order valence-electron chi connectivity index (χ1n) is 3.43. The summed E-state index contributed by atoms with van der Waals surface area (Å²) < 4.78 is 0. The molecule has 2 aromatic rings. The zero-order valence-corrected chi connectivity index (χ0v) is 7.06. The molecule has 1 aromatic heterocycles. The first kappa shape index (κ1) is 8.00. The van der Waals surface area contributed by atoms with Crippen LogP contribution in [0.1, 0.15) is 0 Å². The Morgan fingerprint density at radius 1 is 1.46 bits per heavy atom. The highest BCUT2D eigenvalue weighted by Gasteiger charge is 2.03. The van der Waals surface area contributed by atoms with E-state index in [-0.39, 0.29) is 10.2 Å². The summed E-state index contributed by atoms with van der Waals surface area (Å²) in [5.41, 5.74) is -0.229. The third-order valence-electron chi connectivity index (χ3n) is 1.61. The third kappa shape index (κ3) is 1.23. The SMILES string of the molecule is O=c1c2cc(Cl)ccc2nnn1O. The molecule has 0 atom stereocenters. The van der Waals surface area contributed by atoms with Crippen LogP contribution >= 0.6 is 11.6 Å². The lowest BCUT2D eigenvalue weighted by molar-refractivity contribution is 0.127. The van der Waals surface area contributed by atoms with Crippen molar-refractivity contribution in [2.45, 2.75) is 0 Å². The number of benzene rings is 1. The van der Waals surface area contributed by atoms with Gasteiger partial charge in [0.05, 0.1) is 5.39 Å². The van der Waals surface area contributed by atoms with Crippen molar-refractivity contribution in [3.05, 3.63) is 33.6 Å². The van der Waals surface area contributed by atoms with Crippen LogP contribution in [0.15, 0.2) is 23.0 Å². The molecular weight excluding hydrogens is 194 g/mol. The number of hydrogen-bond acceptors (Lipinski definition) is 4. The van der Waals surface area contributed by atoms with Gasteiger partial charge in [-0.25, -0.2) is 0 Å². The van der Waals surface area contributed by atoms with Gasteiger partial charge in [-0.05, 0) is 28.3 Å². The summed E-state index contributed by atoms with van der Waals surface area (Å²) in [6.07, 6.45) is 0. The first-order valence-corrected chi connectivity index (χ1v) is 3.81. The van der Waals surface area contributed by atoms with Crippen LogP contribution in [-0.4, -0.2) is 20.4 Å². The number of nitrogens with zero attached hydrogens (tertiary/aromatic N) is 3. The molecule has 0 amide bonds. The number of fused-ring (bicyclic) bond motifs is 1. The van der Waals surface area contributed by atoms with Gasteiger partial charge < -0.3 is 5.21 Å². The Bertz CT molecular complexity index is 517. The minimum atomic E-state index is -0.632. The quantitative estimate of drug-likeness (QED) is 0.631. The Hall–Kier alpha value is -1.62. The molecule has 0 bridgehead atoms. The molecule has 5 nitrogen and oxygen atoms in total. The van der Waals surface area contributed by atoms with Crippen LogP contribution in [0.25, 0.3) is 10.9 Å². The van der Waals surface area contributed by atoms with Crippen molar-refractivity contribution in [1.82, 2.24) is 15.2 Å². The lowest BCUT2D eigenvalue weighted by atomic mass is 10.2. The second kappa shape index (κ2) is 2.70. The van der Waals surface area contributed by atoms with E-state index in [4.69, 9.17) is 16.8 Å². The summed E-state index contributed by atoms with van der Waals surface area (Å²) in [7, 11) is 0. The summed E-state index contributed by atoms with van der Waals surface area (Å²) >= 11 is 5.67. The smallest absolute Gasteiger partial charge is 0.314 e. The van der Waals surface area contributed by atoms with Gasteiger partial charge in [0.2, 0.25) is 0 Å². The van der Waals surface area contributed by atoms with Crippen molar-refractivity contribution in [1.29, 1.82) is 0 Å². The zero-order chi connectivity index (χ0) is 9.42. The van der Waals surface area contributed by atoms with Crippen molar-refractivity contribution < 1.29 is 5.21 Å². The van der Waals surface area contributed by atoms with E-state index in [1.165, 1.54) is 6.07 Å². The predicted octanol–water partition coefficient (Wildman–Crippen LogP) is 0.682. The Kier molecular flexibility index (Phi) is 1.66. The maximum Gasteiger partial charge on any atom is 0.314 e. The highest BCUT2D eigenvalue weighted by Crippen LogP contribution is 2.13. The van der Waals surface area contributed by atoms with Crippen LogP contribution in [0, 0.1) is 0 Å². The maximum atomic E-state index is 11.2. The van der Waals surface area contributed by atoms with Crippen LogP contribution in [0.3, 0.4) is 0 Å². The maximum absolute atomic E-state index is 11.2. The predicted molar refractivity (Wildman–Crippen MR) is 46.0 cm³/mol. The fourth-order valence-corrected chi connectivity index (χ4v) is 1.18. The van der Waals surface area contributed by atoms with Gasteiger partial charge in [0.15, 0.2) is 0 Å². The molecule has 0 saturated heterocycles. The molecule has 0 aliphatic heterocycles. The first-order chi connectivity index (χ1) is 6.18. The monoisotopic (exact) mass is 197 g/mol. The molecule has 2 rings (SSSR count). The molecule has 0 radical (unpaired) electrons. The van der Waals surface area contributed by atoms with Crippen molar-refractivity contribution in [3.63, 3.8) is 0 Å². The second-order valence-corrected chi connectivity index (χ2v) is 2.88. The molecule has 0 spiro atoms. The van der Waals surface area contributed by atoms with Crippen LogP contribution in [0.5, 0.6) is 0 Å². The van der Waals surface area contributed by atoms with Gasteiger partial charge in [-0.15, -0.1) is 5.10 Å². The largest absolute Gasteiger partial charge is 0.407 e. The van der Waals surface area contributed by atoms with Gasteiger partial charge in [-0.2, -0.15) is 0 Å². The average molecular weight is 198 g/mol. The number of halogens is 1. The molecule has 0 fully saturated rings. The topological polar surface area (TPSA) is 68.0 Å². The van der Waals surface area contributed by atoms with E-state index >= 15 is 0 Å². The second-order valence-electron chi connectivity index (χ2n) is 2.45.